The molecule has 1 nitrogen and oxygen atoms in total. The molecule has 0 spiro atoms. The monoisotopic (exact) mass is 247 g/mol. The van der Waals surface area contributed by atoms with Crippen LogP contribution in [0.4, 0.5) is 0 Å². The molecule has 2 aromatic carbocycles. The highest BCUT2D eigenvalue weighted by Gasteiger charge is 2.05. The van der Waals surface area contributed by atoms with E-state index in [0.29, 0.717) is 0 Å². The van der Waals surface area contributed by atoms with Gasteiger partial charge in [-0.15, -0.1) is 0 Å². The molecule has 2 aromatic rings. The summed E-state index contributed by atoms with van der Waals surface area (Å²) in [5.74, 6) is 0. The third-order valence-corrected chi connectivity index (χ3v) is 3.93. The van der Waals surface area contributed by atoms with E-state index in [2.05, 4.69) is 6.07 Å². The van der Waals surface area contributed by atoms with Gasteiger partial charge in [-0.3, -0.25) is 0 Å². The van der Waals surface area contributed by atoms with Gasteiger partial charge in [0.05, 0.1) is 0 Å². The first-order chi connectivity index (χ1) is 7.75. The van der Waals surface area contributed by atoms with Gasteiger partial charge in [0.25, 0.3) is 0 Å². The number of rotatable bonds is 3. The van der Waals surface area contributed by atoms with Gasteiger partial charge in [-0.05, 0) is 41.5 Å². The van der Waals surface area contributed by atoms with Crippen molar-refractivity contribution in [2.75, 3.05) is 6.26 Å². The summed E-state index contributed by atoms with van der Waals surface area (Å²) < 4.78 is 11.3. The molecule has 1 radical (unpaired) electrons. The molecule has 0 N–H and O–H groups in total. The smallest absolute Gasteiger partial charge is 0.153 e. The van der Waals surface area contributed by atoms with E-state index in [4.69, 9.17) is 0 Å². The lowest BCUT2D eigenvalue weighted by Gasteiger charge is -2.05. The minimum Gasteiger partial charge on any atom is -0.612 e. The Balaban J connectivity index is 2.19. The van der Waals surface area contributed by atoms with Crippen molar-refractivity contribution in [3.8, 4) is 0 Å². The third kappa shape index (κ3) is 3.04. The first kappa shape index (κ1) is 11.6. The van der Waals surface area contributed by atoms with Crippen LogP contribution < -0.4 is 0 Å². The van der Waals surface area contributed by atoms with Gasteiger partial charge in [-0.25, -0.2) is 0 Å². The third-order valence-electron chi connectivity index (χ3n) is 2.05. The van der Waals surface area contributed by atoms with Gasteiger partial charge in [-0.1, -0.05) is 30.0 Å². The molecule has 81 valence electrons. The minimum atomic E-state index is -0.931. The lowest BCUT2D eigenvalue weighted by Crippen LogP contribution is -1.96. The quantitative estimate of drug-likeness (QED) is 0.776. The van der Waals surface area contributed by atoms with Gasteiger partial charge >= 0.3 is 0 Å². The lowest BCUT2D eigenvalue weighted by molar-refractivity contribution is 0.600. The topological polar surface area (TPSA) is 23.1 Å². The highest BCUT2D eigenvalue weighted by atomic mass is 32.2. The minimum absolute atomic E-state index is 0.845. The van der Waals surface area contributed by atoms with E-state index in [1.165, 1.54) is 0 Å². The van der Waals surface area contributed by atoms with Crippen LogP contribution in [0.3, 0.4) is 0 Å². The predicted octanol–water partition coefficient (Wildman–Crippen LogP) is 3.38. The van der Waals surface area contributed by atoms with Gasteiger partial charge in [-0.2, -0.15) is 0 Å². The van der Waals surface area contributed by atoms with Crippen LogP contribution in [0.1, 0.15) is 0 Å². The molecule has 3 heteroatoms. The summed E-state index contributed by atoms with van der Waals surface area (Å²) >= 11 is 0.699. The van der Waals surface area contributed by atoms with E-state index in [1.807, 2.05) is 48.5 Å². The Morgan fingerprint density at radius 3 is 2.62 bits per heavy atom. The van der Waals surface area contributed by atoms with E-state index >= 15 is 0 Å². The number of hydrogen-bond acceptors (Lipinski definition) is 2. The Morgan fingerprint density at radius 2 is 1.94 bits per heavy atom. The van der Waals surface area contributed by atoms with Crippen LogP contribution in [-0.4, -0.2) is 10.8 Å². The van der Waals surface area contributed by atoms with Crippen molar-refractivity contribution in [1.82, 2.24) is 0 Å². The first-order valence-corrected chi connectivity index (χ1v) is 7.21. The normalized spacial score (nSPS) is 12.4. The summed E-state index contributed by atoms with van der Waals surface area (Å²) in [7, 11) is 0. The fourth-order valence-corrected chi connectivity index (χ4v) is 2.76. The van der Waals surface area contributed by atoms with E-state index in [-0.39, 0.29) is 0 Å². The summed E-state index contributed by atoms with van der Waals surface area (Å²) in [5.41, 5.74) is 0. The molecule has 2 rings (SSSR count). The van der Waals surface area contributed by atoms with Crippen molar-refractivity contribution < 1.29 is 4.55 Å². The zero-order valence-electron chi connectivity index (χ0n) is 8.84. The summed E-state index contributed by atoms with van der Waals surface area (Å²) in [4.78, 5) is 3.01. The van der Waals surface area contributed by atoms with E-state index in [9.17, 15) is 4.55 Å². The largest absolute Gasteiger partial charge is 0.612 e. The molecule has 1 atom stereocenters. The molecular weight excluding hydrogens is 236 g/mol. The summed E-state index contributed by atoms with van der Waals surface area (Å²) in [5, 5.41) is 0. The summed E-state index contributed by atoms with van der Waals surface area (Å²) in [6.07, 6.45) is 1.69. The SMILES string of the molecule is C[S+]([O-])c1cc[c]c(Sc2ccccc2)c1. The zero-order valence-corrected chi connectivity index (χ0v) is 10.5. The van der Waals surface area contributed by atoms with Crippen molar-refractivity contribution in [3.05, 3.63) is 54.6 Å². The molecule has 0 saturated heterocycles. The van der Waals surface area contributed by atoms with Crippen molar-refractivity contribution >= 4 is 22.9 Å². The summed E-state index contributed by atoms with van der Waals surface area (Å²) in [6.45, 7) is 0. The fraction of sp³-hybridized carbons (Fsp3) is 0.0769. The van der Waals surface area contributed by atoms with E-state index in [0.717, 1.165) is 14.7 Å². The number of hydrogen-bond donors (Lipinski definition) is 0. The van der Waals surface area contributed by atoms with Crippen molar-refractivity contribution in [2.24, 2.45) is 0 Å². The second kappa shape index (κ2) is 5.43. The van der Waals surface area contributed by atoms with Crippen LogP contribution in [0.2, 0.25) is 0 Å². The molecule has 16 heavy (non-hydrogen) atoms. The molecule has 0 aromatic heterocycles. The van der Waals surface area contributed by atoms with Crippen LogP contribution in [0, 0.1) is 6.07 Å². The molecule has 0 heterocycles. The van der Waals surface area contributed by atoms with Gasteiger partial charge in [0.1, 0.15) is 6.26 Å². The van der Waals surface area contributed by atoms with Crippen LogP contribution in [-0.2, 0) is 11.2 Å². The fourth-order valence-electron chi connectivity index (χ4n) is 1.28. The van der Waals surface area contributed by atoms with Crippen LogP contribution in [0.5, 0.6) is 0 Å². The standard InChI is InChI=1S/C13H11OS2/c1-16(14)13-9-5-8-12(10-13)15-11-6-3-2-4-7-11/h2-7,9-10H,1H3. The molecule has 0 aliphatic carbocycles. The molecule has 1 unspecified atom stereocenters. The van der Waals surface area contributed by atoms with Crippen molar-refractivity contribution in [2.45, 2.75) is 14.7 Å². The molecule has 0 saturated carbocycles. The highest BCUT2D eigenvalue weighted by molar-refractivity contribution is 7.99. The van der Waals surface area contributed by atoms with E-state index in [1.54, 1.807) is 18.0 Å². The van der Waals surface area contributed by atoms with Gasteiger partial charge < -0.3 is 4.55 Å². The Hall–Kier alpha value is -0.900. The predicted molar refractivity (Wildman–Crippen MR) is 68.2 cm³/mol. The maximum absolute atomic E-state index is 11.3. The second-order valence-electron chi connectivity index (χ2n) is 3.26. The Labute approximate surface area is 103 Å². The summed E-state index contributed by atoms with van der Waals surface area (Å²) in [6, 6.07) is 18.8. The maximum Gasteiger partial charge on any atom is 0.153 e. The highest BCUT2D eigenvalue weighted by Crippen LogP contribution is 2.28. The van der Waals surface area contributed by atoms with Crippen molar-refractivity contribution in [3.63, 3.8) is 0 Å². The average Bonchev–Trinajstić information content (AvgIpc) is 2.30. The molecule has 0 fully saturated rings. The van der Waals surface area contributed by atoms with E-state index < -0.39 is 11.2 Å². The molecule has 0 bridgehead atoms. The average molecular weight is 247 g/mol. The second-order valence-corrected chi connectivity index (χ2v) is 5.75. The zero-order chi connectivity index (χ0) is 11.4. The Morgan fingerprint density at radius 1 is 1.19 bits per heavy atom. The lowest BCUT2D eigenvalue weighted by atomic mass is 10.4. The molecule has 0 aliphatic heterocycles. The Bertz CT molecular complexity index is 454. The van der Waals surface area contributed by atoms with Crippen LogP contribution >= 0.6 is 11.8 Å². The first-order valence-electron chi connectivity index (χ1n) is 4.84. The molecular formula is C13H11OS2. The van der Waals surface area contributed by atoms with Gasteiger partial charge in [0.15, 0.2) is 4.90 Å². The maximum atomic E-state index is 11.3. The van der Waals surface area contributed by atoms with Crippen LogP contribution in [0.25, 0.3) is 0 Å². The number of benzene rings is 2. The van der Waals surface area contributed by atoms with Crippen LogP contribution in [0.15, 0.2) is 63.2 Å². The van der Waals surface area contributed by atoms with Gasteiger partial charge in [0, 0.05) is 15.9 Å². The molecule has 0 amide bonds. The Kier molecular flexibility index (Phi) is 3.93. The van der Waals surface area contributed by atoms with Gasteiger partial charge in [0.2, 0.25) is 0 Å². The van der Waals surface area contributed by atoms with Crippen molar-refractivity contribution in [1.29, 1.82) is 0 Å². The molecule has 0 aliphatic rings.